The Morgan fingerprint density at radius 1 is 0.579 bits per heavy atom. The SMILES string of the molecule is CCCCCCCCC=CCCCCCCCC(=O)OCC(CN)OC(=O)CCCCCCCCCCC. The molecule has 0 bridgehead atoms. The third-order valence-electron chi connectivity index (χ3n) is 7.12. The maximum Gasteiger partial charge on any atom is 0.306 e. The van der Waals surface area contributed by atoms with Gasteiger partial charge in [-0.2, -0.15) is 0 Å². The Morgan fingerprint density at radius 3 is 1.42 bits per heavy atom. The van der Waals surface area contributed by atoms with E-state index in [0.29, 0.717) is 12.8 Å². The van der Waals surface area contributed by atoms with Gasteiger partial charge in [-0.05, 0) is 38.5 Å². The number of nitrogens with two attached hydrogens (primary N) is 1. The normalized spacial score (nSPS) is 12.2. The van der Waals surface area contributed by atoms with Crippen LogP contribution < -0.4 is 5.73 Å². The van der Waals surface area contributed by atoms with Crippen LogP contribution in [0.4, 0.5) is 0 Å². The summed E-state index contributed by atoms with van der Waals surface area (Å²) in [6.45, 7) is 4.73. The molecule has 0 aliphatic carbocycles. The summed E-state index contributed by atoms with van der Waals surface area (Å²) in [7, 11) is 0. The van der Waals surface area contributed by atoms with Crippen molar-refractivity contribution in [2.45, 2.75) is 174 Å². The Hall–Kier alpha value is -1.36. The molecule has 0 aliphatic rings. The Balaban J connectivity index is 3.57. The van der Waals surface area contributed by atoms with Crippen LogP contribution in [-0.2, 0) is 19.1 Å². The topological polar surface area (TPSA) is 78.6 Å². The minimum absolute atomic E-state index is 0.0594. The minimum atomic E-state index is -0.542. The summed E-state index contributed by atoms with van der Waals surface area (Å²) < 4.78 is 10.7. The van der Waals surface area contributed by atoms with E-state index in [1.54, 1.807) is 0 Å². The first-order valence-electron chi connectivity index (χ1n) is 16.3. The quantitative estimate of drug-likeness (QED) is 0.0584. The molecule has 0 fully saturated rings. The second-order valence-electron chi connectivity index (χ2n) is 10.9. The number of esters is 2. The molecule has 0 rings (SSSR count). The summed E-state index contributed by atoms with van der Waals surface area (Å²) in [5.41, 5.74) is 5.71. The number of ether oxygens (including phenoxy) is 2. The van der Waals surface area contributed by atoms with E-state index in [1.165, 1.54) is 103 Å². The van der Waals surface area contributed by atoms with E-state index < -0.39 is 6.10 Å². The number of rotatable bonds is 29. The van der Waals surface area contributed by atoms with Gasteiger partial charge < -0.3 is 15.2 Å². The predicted molar refractivity (Wildman–Crippen MR) is 161 cm³/mol. The highest BCUT2D eigenvalue weighted by atomic mass is 16.6. The molecule has 0 aliphatic heterocycles. The summed E-state index contributed by atoms with van der Waals surface area (Å²) in [6.07, 6.45) is 31.9. The largest absolute Gasteiger partial charge is 0.462 e. The fourth-order valence-corrected chi connectivity index (χ4v) is 4.57. The molecule has 224 valence electrons. The van der Waals surface area contributed by atoms with Crippen LogP contribution in [0.3, 0.4) is 0 Å². The smallest absolute Gasteiger partial charge is 0.306 e. The Labute approximate surface area is 236 Å². The number of unbranched alkanes of at least 4 members (excludes halogenated alkanes) is 19. The molecule has 0 saturated heterocycles. The highest BCUT2D eigenvalue weighted by molar-refractivity contribution is 5.70. The first kappa shape index (κ1) is 36.6. The zero-order chi connectivity index (χ0) is 27.9. The summed E-state index contributed by atoms with van der Waals surface area (Å²) in [4.78, 5) is 24.1. The summed E-state index contributed by atoms with van der Waals surface area (Å²) in [6, 6.07) is 0. The van der Waals surface area contributed by atoms with Crippen LogP contribution >= 0.6 is 0 Å². The summed E-state index contributed by atoms with van der Waals surface area (Å²) in [5, 5.41) is 0. The molecule has 2 N–H and O–H groups in total. The molecule has 5 nitrogen and oxygen atoms in total. The second kappa shape index (κ2) is 30.2. The van der Waals surface area contributed by atoms with Crippen LogP contribution in [0.5, 0.6) is 0 Å². The Bertz CT molecular complexity index is 549. The van der Waals surface area contributed by atoms with E-state index in [9.17, 15) is 9.59 Å². The van der Waals surface area contributed by atoms with E-state index in [0.717, 1.165) is 38.5 Å². The van der Waals surface area contributed by atoms with Gasteiger partial charge in [-0.3, -0.25) is 9.59 Å². The van der Waals surface area contributed by atoms with Gasteiger partial charge in [-0.1, -0.05) is 129 Å². The van der Waals surface area contributed by atoms with Gasteiger partial charge in [0.05, 0.1) is 0 Å². The molecule has 5 heteroatoms. The Kier molecular flexibility index (Phi) is 29.1. The average molecular weight is 538 g/mol. The van der Waals surface area contributed by atoms with Crippen LogP contribution in [0.15, 0.2) is 12.2 Å². The van der Waals surface area contributed by atoms with Gasteiger partial charge in [-0.25, -0.2) is 0 Å². The highest BCUT2D eigenvalue weighted by Gasteiger charge is 2.15. The number of carbonyl (C=O) groups excluding carboxylic acids is 2. The molecule has 0 spiro atoms. The molecule has 1 atom stereocenters. The lowest BCUT2D eigenvalue weighted by molar-refractivity contribution is -0.158. The standard InChI is InChI=1S/C33H63NO4/c1-3-5-7-9-11-13-14-15-16-17-18-20-21-23-25-27-32(35)37-30-31(29-34)38-33(36)28-26-24-22-19-12-10-8-6-4-2/h15-16,31H,3-14,17-30,34H2,1-2H3. The first-order valence-corrected chi connectivity index (χ1v) is 16.3. The molecule has 0 aromatic rings. The lowest BCUT2D eigenvalue weighted by Crippen LogP contribution is -2.32. The Morgan fingerprint density at radius 2 is 0.974 bits per heavy atom. The lowest BCUT2D eigenvalue weighted by atomic mass is 10.1. The molecule has 0 aromatic carbocycles. The van der Waals surface area contributed by atoms with E-state index >= 15 is 0 Å². The second-order valence-corrected chi connectivity index (χ2v) is 10.9. The third kappa shape index (κ3) is 27.7. The fraction of sp³-hybridized carbons (Fsp3) is 0.879. The zero-order valence-corrected chi connectivity index (χ0v) is 25.3. The molecule has 1 unspecified atom stereocenters. The van der Waals surface area contributed by atoms with Gasteiger partial charge in [0.25, 0.3) is 0 Å². The van der Waals surface area contributed by atoms with Crippen LogP contribution in [0.2, 0.25) is 0 Å². The summed E-state index contributed by atoms with van der Waals surface area (Å²) in [5.74, 6) is -0.465. The number of hydrogen-bond acceptors (Lipinski definition) is 5. The third-order valence-corrected chi connectivity index (χ3v) is 7.12. The maximum atomic E-state index is 12.1. The van der Waals surface area contributed by atoms with Gasteiger partial charge in [0, 0.05) is 19.4 Å². The van der Waals surface area contributed by atoms with Crippen LogP contribution in [0.1, 0.15) is 168 Å². The van der Waals surface area contributed by atoms with Gasteiger partial charge in [0.15, 0.2) is 0 Å². The molecule has 0 saturated carbocycles. The van der Waals surface area contributed by atoms with Gasteiger partial charge >= 0.3 is 11.9 Å². The predicted octanol–water partition coefficient (Wildman–Crippen LogP) is 9.36. The minimum Gasteiger partial charge on any atom is -0.462 e. The number of allylic oxidation sites excluding steroid dienone is 2. The van der Waals surface area contributed by atoms with Gasteiger partial charge in [0.1, 0.15) is 12.7 Å². The van der Waals surface area contributed by atoms with Gasteiger partial charge in [0.2, 0.25) is 0 Å². The van der Waals surface area contributed by atoms with Crippen molar-refractivity contribution in [1.29, 1.82) is 0 Å². The molecular formula is C33H63NO4. The van der Waals surface area contributed by atoms with E-state index in [4.69, 9.17) is 15.2 Å². The molecule has 0 radical (unpaired) electrons. The fourth-order valence-electron chi connectivity index (χ4n) is 4.57. The van der Waals surface area contributed by atoms with Gasteiger partial charge in [-0.15, -0.1) is 0 Å². The van der Waals surface area contributed by atoms with Crippen molar-refractivity contribution in [3.63, 3.8) is 0 Å². The van der Waals surface area contributed by atoms with Crippen LogP contribution in [0, 0.1) is 0 Å². The zero-order valence-electron chi connectivity index (χ0n) is 25.3. The maximum absolute atomic E-state index is 12.1. The number of hydrogen-bond donors (Lipinski definition) is 1. The van der Waals surface area contributed by atoms with Crippen molar-refractivity contribution < 1.29 is 19.1 Å². The molecular weight excluding hydrogens is 474 g/mol. The molecule has 0 aromatic heterocycles. The molecule has 0 heterocycles. The van der Waals surface area contributed by atoms with E-state index in [-0.39, 0.29) is 25.1 Å². The molecule has 0 amide bonds. The average Bonchev–Trinajstić information content (AvgIpc) is 2.92. The first-order chi connectivity index (χ1) is 18.6. The van der Waals surface area contributed by atoms with Crippen molar-refractivity contribution in [1.82, 2.24) is 0 Å². The van der Waals surface area contributed by atoms with Crippen LogP contribution in [0.25, 0.3) is 0 Å². The highest BCUT2D eigenvalue weighted by Crippen LogP contribution is 2.12. The summed E-state index contributed by atoms with van der Waals surface area (Å²) >= 11 is 0. The van der Waals surface area contributed by atoms with Crippen LogP contribution in [-0.4, -0.2) is 31.2 Å². The number of carbonyl (C=O) groups is 2. The van der Waals surface area contributed by atoms with Crippen molar-refractivity contribution in [3.8, 4) is 0 Å². The molecule has 38 heavy (non-hydrogen) atoms. The van der Waals surface area contributed by atoms with Crippen molar-refractivity contribution in [2.24, 2.45) is 5.73 Å². The van der Waals surface area contributed by atoms with Crippen molar-refractivity contribution in [3.05, 3.63) is 12.2 Å². The lowest BCUT2D eigenvalue weighted by Gasteiger charge is -2.16. The van der Waals surface area contributed by atoms with Crippen molar-refractivity contribution >= 4 is 11.9 Å². The van der Waals surface area contributed by atoms with E-state index in [2.05, 4.69) is 26.0 Å². The van der Waals surface area contributed by atoms with Crippen molar-refractivity contribution in [2.75, 3.05) is 13.2 Å². The van der Waals surface area contributed by atoms with E-state index in [1.807, 2.05) is 0 Å². The monoisotopic (exact) mass is 537 g/mol.